The molecule has 112 valence electrons. The fraction of sp³-hybridized carbons (Fsp3) is 0.333. The number of anilines is 1. The molecular weight excluding hydrogens is 272 g/mol. The Kier molecular flexibility index (Phi) is 4.81. The van der Waals surface area contributed by atoms with Gasteiger partial charge in [0.2, 0.25) is 0 Å². The van der Waals surface area contributed by atoms with E-state index in [1.807, 2.05) is 12.1 Å². The molecule has 1 aromatic carbocycles. The Labute approximate surface area is 123 Å². The fourth-order valence-electron chi connectivity index (χ4n) is 2.14. The number of nitrogens with one attached hydrogen (secondary N) is 1. The van der Waals surface area contributed by atoms with E-state index in [1.54, 1.807) is 12.1 Å². The normalized spacial score (nSPS) is 14.7. The van der Waals surface area contributed by atoms with Gasteiger partial charge in [-0.15, -0.1) is 0 Å². The summed E-state index contributed by atoms with van der Waals surface area (Å²) < 4.78 is 9.24. The summed E-state index contributed by atoms with van der Waals surface area (Å²) in [6.07, 6.45) is 3.52. The molecule has 0 radical (unpaired) electrons. The summed E-state index contributed by atoms with van der Waals surface area (Å²) in [5.74, 6) is -0.545. The number of hydrogen-bond acceptors (Lipinski definition) is 5. The molecule has 1 aliphatic heterocycles. The molecule has 2 rings (SSSR count). The molecule has 1 aromatic rings. The van der Waals surface area contributed by atoms with Crippen molar-refractivity contribution in [2.45, 2.75) is 6.04 Å². The minimum atomic E-state index is -0.881. The summed E-state index contributed by atoms with van der Waals surface area (Å²) in [5, 5.41) is 2.46. The highest BCUT2D eigenvalue weighted by atomic mass is 16.5. The standard InChI is InChI=1S/C15H18N2O4/c1-20-14(18)13(16-15(19)21-2)11-5-7-12(8-6-11)17-9-3-4-10-17/h3-8,13H,9-10H2,1-2H3,(H,16,19). The predicted molar refractivity (Wildman–Crippen MR) is 78.1 cm³/mol. The number of hydrogen-bond donors (Lipinski definition) is 1. The Morgan fingerprint density at radius 3 is 2.24 bits per heavy atom. The second-order valence-electron chi connectivity index (χ2n) is 4.56. The van der Waals surface area contributed by atoms with Crippen molar-refractivity contribution in [2.75, 3.05) is 32.2 Å². The van der Waals surface area contributed by atoms with Crippen LogP contribution in [0, 0.1) is 0 Å². The number of amides is 1. The average Bonchev–Trinajstić information content (AvgIpc) is 3.06. The Balaban J connectivity index is 2.15. The summed E-state index contributed by atoms with van der Waals surface area (Å²) in [7, 11) is 2.52. The number of esters is 1. The molecule has 1 aliphatic rings. The zero-order chi connectivity index (χ0) is 15.2. The lowest BCUT2D eigenvalue weighted by molar-refractivity contribution is -0.143. The van der Waals surface area contributed by atoms with E-state index in [-0.39, 0.29) is 0 Å². The largest absolute Gasteiger partial charge is 0.467 e. The molecule has 0 saturated heterocycles. The summed E-state index contributed by atoms with van der Waals surface area (Å²) in [4.78, 5) is 25.3. The van der Waals surface area contributed by atoms with Crippen LogP contribution in [-0.2, 0) is 14.3 Å². The van der Waals surface area contributed by atoms with E-state index in [0.717, 1.165) is 18.8 Å². The lowest BCUT2D eigenvalue weighted by atomic mass is 10.1. The van der Waals surface area contributed by atoms with Crippen LogP contribution in [0.25, 0.3) is 0 Å². The van der Waals surface area contributed by atoms with Crippen LogP contribution < -0.4 is 10.2 Å². The third kappa shape index (κ3) is 3.53. The summed E-state index contributed by atoms with van der Waals surface area (Å²) in [6, 6.07) is 6.54. The smallest absolute Gasteiger partial charge is 0.407 e. The first kappa shape index (κ1) is 14.9. The molecule has 0 fully saturated rings. The van der Waals surface area contributed by atoms with Gasteiger partial charge >= 0.3 is 12.1 Å². The number of alkyl carbamates (subject to hydrolysis) is 1. The minimum Gasteiger partial charge on any atom is -0.467 e. The number of benzene rings is 1. The van der Waals surface area contributed by atoms with Crippen LogP contribution in [0.2, 0.25) is 0 Å². The van der Waals surface area contributed by atoms with E-state index in [1.165, 1.54) is 14.2 Å². The minimum absolute atomic E-state index is 0.545. The lowest BCUT2D eigenvalue weighted by Crippen LogP contribution is -2.34. The Morgan fingerprint density at radius 1 is 1.10 bits per heavy atom. The van der Waals surface area contributed by atoms with Crippen LogP contribution >= 0.6 is 0 Å². The van der Waals surface area contributed by atoms with Gasteiger partial charge in [-0.25, -0.2) is 9.59 Å². The third-order valence-corrected chi connectivity index (χ3v) is 3.29. The zero-order valence-electron chi connectivity index (χ0n) is 12.0. The molecule has 1 N–H and O–H groups in total. The molecule has 0 aromatic heterocycles. The van der Waals surface area contributed by atoms with Crippen molar-refractivity contribution in [1.29, 1.82) is 0 Å². The van der Waals surface area contributed by atoms with Crippen molar-refractivity contribution in [2.24, 2.45) is 0 Å². The van der Waals surface area contributed by atoms with Crippen molar-refractivity contribution >= 4 is 17.7 Å². The highest BCUT2D eigenvalue weighted by Crippen LogP contribution is 2.21. The Bertz CT molecular complexity index is 531. The van der Waals surface area contributed by atoms with Gasteiger partial charge < -0.3 is 19.7 Å². The van der Waals surface area contributed by atoms with Gasteiger partial charge in [0.1, 0.15) is 0 Å². The summed E-state index contributed by atoms with van der Waals surface area (Å²) in [6.45, 7) is 1.75. The van der Waals surface area contributed by atoms with Crippen LogP contribution in [0.1, 0.15) is 11.6 Å². The van der Waals surface area contributed by atoms with Gasteiger partial charge in [-0.3, -0.25) is 0 Å². The van der Waals surface area contributed by atoms with Crippen molar-refractivity contribution in [3.8, 4) is 0 Å². The third-order valence-electron chi connectivity index (χ3n) is 3.29. The van der Waals surface area contributed by atoms with Crippen LogP contribution in [0.15, 0.2) is 36.4 Å². The number of carbonyl (C=O) groups is 2. The molecule has 21 heavy (non-hydrogen) atoms. The second kappa shape index (κ2) is 6.78. The van der Waals surface area contributed by atoms with Gasteiger partial charge in [0.25, 0.3) is 0 Å². The molecule has 1 amide bonds. The Hall–Kier alpha value is -2.50. The number of nitrogens with zero attached hydrogens (tertiary/aromatic N) is 1. The topological polar surface area (TPSA) is 67.9 Å². The highest BCUT2D eigenvalue weighted by molar-refractivity contribution is 5.82. The molecule has 6 nitrogen and oxygen atoms in total. The molecule has 0 spiro atoms. The van der Waals surface area contributed by atoms with Crippen LogP contribution in [0.5, 0.6) is 0 Å². The average molecular weight is 290 g/mol. The quantitative estimate of drug-likeness (QED) is 0.674. The number of ether oxygens (including phenoxy) is 2. The van der Waals surface area contributed by atoms with Crippen LogP contribution in [0.4, 0.5) is 10.5 Å². The van der Waals surface area contributed by atoms with Gasteiger partial charge in [-0.1, -0.05) is 24.3 Å². The number of carbonyl (C=O) groups excluding carboxylic acids is 2. The molecule has 6 heteroatoms. The summed E-state index contributed by atoms with van der Waals surface area (Å²) in [5.41, 5.74) is 1.70. The van der Waals surface area contributed by atoms with E-state index < -0.39 is 18.1 Å². The molecule has 1 heterocycles. The van der Waals surface area contributed by atoms with Gasteiger partial charge in [0.15, 0.2) is 6.04 Å². The van der Waals surface area contributed by atoms with Crippen molar-refractivity contribution in [3.63, 3.8) is 0 Å². The maximum atomic E-state index is 11.8. The fourth-order valence-corrected chi connectivity index (χ4v) is 2.14. The maximum Gasteiger partial charge on any atom is 0.407 e. The van der Waals surface area contributed by atoms with Crippen molar-refractivity contribution in [3.05, 3.63) is 42.0 Å². The summed E-state index contributed by atoms with van der Waals surface area (Å²) >= 11 is 0. The molecule has 1 unspecified atom stereocenters. The monoisotopic (exact) mass is 290 g/mol. The van der Waals surface area contributed by atoms with Gasteiger partial charge in [-0.05, 0) is 17.7 Å². The maximum absolute atomic E-state index is 11.8. The van der Waals surface area contributed by atoms with Gasteiger partial charge in [0.05, 0.1) is 14.2 Å². The van der Waals surface area contributed by atoms with Gasteiger partial charge in [0, 0.05) is 18.8 Å². The van der Waals surface area contributed by atoms with E-state index in [2.05, 4.69) is 27.1 Å². The van der Waals surface area contributed by atoms with Crippen LogP contribution in [0.3, 0.4) is 0 Å². The van der Waals surface area contributed by atoms with E-state index in [4.69, 9.17) is 4.74 Å². The first-order valence-corrected chi connectivity index (χ1v) is 6.58. The second-order valence-corrected chi connectivity index (χ2v) is 4.56. The highest BCUT2D eigenvalue weighted by Gasteiger charge is 2.24. The van der Waals surface area contributed by atoms with Gasteiger partial charge in [-0.2, -0.15) is 0 Å². The SMILES string of the molecule is COC(=O)NC(C(=O)OC)c1ccc(N2CC=CC2)cc1. The van der Waals surface area contributed by atoms with E-state index in [0.29, 0.717) is 5.56 Å². The zero-order valence-corrected chi connectivity index (χ0v) is 12.0. The first-order valence-electron chi connectivity index (χ1n) is 6.58. The van der Waals surface area contributed by atoms with Crippen molar-refractivity contribution < 1.29 is 19.1 Å². The van der Waals surface area contributed by atoms with E-state index >= 15 is 0 Å². The van der Waals surface area contributed by atoms with Crippen LogP contribution in [-0.4, -0.2) is 39.4 Å². The molecule has 0 bridgehead atoms. The molecule has 1 atom stereocenters. The number of methoxy groups -OCH3 is 2. The number of rotatable bonds is 4. The molecular formula is C15H18N2O4. The molecule has 0 aliphatic carbocycles. The van der Waals surface area contributed by atoms with Crippen molar-refractivity contribution in [1.82, 2.24) is 5.32 Å². The lowest BCUT2D eigenvalue weighted by Gasteiger charge is -2.20. The molecule has 0 saturated carbocycles. The van der Waals surface area contributed by atoms with E-state index in [9.17, 15) is 9.59 Å². The predicted octanol–water partition coefficient (Wildman–Crippen LogP) is 1.63. The first-order chi connectivity index (χ1) is 10.2. The Morgan fingerprint density at radius 2 is 1.71 bits per heavy atom.